The molecule has 27 rings (SSSR count). The highest BCUT2D eigenvalue weighted by molar-refractivity contribution is 6.08. The lowest BCUT2D eigenvalue weighted by atomic mass is 9.81. The summed E-state index contributed by atoms with van der Waals surface area (Å²) < 4.78 is 2.16. The fraction of sp³-hybridized carbons (Fsp3) is 0.0515. The van der Waals surface area contributed by atoms with Gasteiger partial charge in [-0.25, -0.2) is 54.7 Å². The maximum absolute atomic E-state index is 7.53. The van der Waals surface area contributed by atoms with E-state index in [2.05, 4.69) is 329 Å². The third-order valence-electron chi connectivity index (χ3n) is 29.2. The van der Waals surface area contributed by atoms with Crippen LogP contribution >= 0.6 is 0 Å². The van der Waals surface area contributed by atoms with Gasteiger partial charge in [-0.05, 0) is 175 Å². The summed E-state index contributed by atoms with van der Waals surface area (Å²) in [6.45, 7) is 16.7. The van der Waals surface area contributed by atoms with Crippen molar-refractivity contribution in [2.24, 2.45) is 7.05 Å². The number of aromatic nitrogens is 11. The predicted molar refractivity (Wildman–Crippen MR) is 607 cm³/mol. The Kier molecular flexibility index (Phi) is 23.0. The summed E-state index contributed by atoms with van der Waals surface area (Å²) in [6.07, 6.45) is 0. The third kappa shape index (κ3) is 16.6. The van der Waals surface area contributed by atoms with Crippen LogP contribution in [0.15, 0.2) is 479 Å². The molecule has 0 radical (unpaired) electrons. The SMILES string of the molecule is CC1(C)c2ccccc2-c2c(-c3ccc(-c4c(-c5nc(-c6ccccc6)nc(-c6ccccc6)n5)ccc5ccccc45)cc3)cccc21.Cn1c(-c2ccc3cc(-c4c(-c5nc(-c6ccccc6)nc(-c6ccccc6)n5)ccc5ccccc45)ccc3c2)nc2ccccc21.[C-]#[N+]c1ccc2c(c1)C(C)(C)c1cc(-c3ccc(-c4c(-c5nc(-c6ccccc6)nc(-c6ccccc6)n5)ccc5ccccc45)cc3)ccc1-2. The zero-order valence-electron chi connectivity index (χ0n) is 82.0. The van der Waals surface area contributed by atoms with Gasteiger partial charge in [0.05, 0.1) is 17.6 Å². The van der Waals surface area contributed by atoms with Gasteiger partial charge in [0.2, 0.25) is 0 Å². The molecule has 0 atom stereocenters. The van der Waals surface area contributed by atoms with Crippen LogP contribution in [0.3, 0.4) is 0 Å². The van der Waals surface area contributed by atoms with Crippen molar-refractivity contribution in [2.75, 3.05) is 0 Å². The Morgan fingerprint density at radius 1 is 0.196 bits per heavy atom. The van der Waals surface area contributed by atoms with E-state index in [1.807, 2.05) is 194 Å². The summed E-state index contributed by atoms with van der Waals surface area (Å²) in [6, 6.07) is 167. The Morgan fingerprint density at radius 3 is 0.959 bits per heavy atom. The molecule has 0 saturated carbocycles. The van der Waals surface area contributed by atoms with Gasteiger partial charge >= 0.3 is 0 Å². The molecule has 0 aliphatic heterocycles. The van der Waals surface area contributed by atoms with E-state index in [-0.39, 0.29) is 10.8 Å². The highest BCUT2D eigenvalue weighted by atomic mass is 15.1. The second-order valence-corrected chi connectivity index (χ2v) is 38.8. The Balaban J connectivity index is 0.000000115. The van der Waals surface area contributed by atoms with Crippen molar-refractivity contribution in [1.82, 2.24) is 54.4 Å². The van der Waals surface area contributed by atoms with Gasteiger partial charge < -0.3 is 4.57 Å². The van der Waals surface area contributed by atoms with Crippen molar-refractivity contribution in [3.8, 4) is 192 Å². The standard InChI is InChI=1S/C47H32N4.C46H33N3.C43H29N5/c1-47(2)41-28-35(23-25-38(41)39-27-24-36(48-3)29-42(39)47)30-18-20-32(21-19-30)43-37-17-11-10-12-31(37)22-26-40(43)46-50-44(33-13-6-4-7-14-33)49-45(51-46)34-15-8-5-9-16-34;1-46(2)39-22-12-11-20-37(39)42-36(21-13-23-40(42)46)31-24-26-32(27-25-31)41-35-19-10-9-14-30(35)28-29-38(41)45-48-43(33-15-5-3-6-16-33)47-44(49-45)34-17-7-4-8-18-34;1-48-38-19-11-10-18-37(38)44-43(48)34-23-21-31-26-33(22-20-32(31)27-34)39-35-17-9-8-12-28(35)24-25-36(39)42-46-40(29-13-4-2-5-14-29)45-41(47-42)30-15-6-3-7-16-30/h4-29H,1-2H3;3-29H,1-2H3;2-27H,1H3. The minimum absolute atomic E-state index is 0.0402. The van der Waals surface area contributed by atoms with E-state index in [0.717, 1.165) is 149 Å². The molecule has 148 heavy (non-hydrogen) atoms. The zero-order chi connectivity index (χ0) is 99.5. The van der Waals surface area contributed by atoms with Crippen molar-refractivity contribution in [3.63, 3.8) is 0 Å². The molecule has 21 aromatic carbocycles. The summed E-state index contributed by atoms with van der Waals surface area (Å²) >= 11 is 0. The molecule has 4 aromatic heterocycles. The second kappa shape index (κ2) is 37.8. The van der Waals surface area contributed by atoms with E-state index in [1.54, 1.807) is 0 Å². The van der Waals surface area contributed by atoms with Gasteiger partial charge in [0, 0.05) is 90.2 Å². The van der Waals surface area contributed by atoms with Crippen LogP contribution in [0.5, 0.6) is 0 Å². The number of rotatable bonds is 15. The smallest absolute Gasteiger partial charge is 0.187 e. The van der Waals surface area contributed by atoms with E-state index in [9.17, 15) is 0 Å². The molecule has 0 fully saturated rings. The summed E-state index contributed by atoms with van der Waals surface area (Å²) in [5, 5.41) is 9.24. The van der Waals surface area contributed by atoms with Gasteiger partial charge in [0.15, 0.2) is 58.1 Å². The molecule has 0 N–H and O–H groups in total. The molecule has 0 bridgehead atoms. The highest BCUT2D eigenvalue weighted by Gasteiger charge is 2.38. The molecule has 12 heteroatoms. The first kappa shape index (κ1) is 90.0. The lowest BCUT2D eigenvalue weighted by molar-refractivity contribution is 0.660. The molecule has 2 aliphatic carbocycles. The minimum atomic E-state index is -0.194. The van der Waals surface area contributed by atoms with Crippen LogP contribution in [0.1, 0.15) is 49.9 Å². The molecule has 0 saturated heterocycles. The predicted octanol–water partition coefficient (Wildman–Crippen LogP) is 34.3. The minimum Gasteiger partial charge on any atom is -0.327 e. The molecule has 0 amide bonds. The largest absolute Gasteiger partial charge is 0.327 e. The molecular weight excluding hydrogens is 1800 g/mol. The Hall–Kier alpha value is -19.4. The van der Waals surface area contributed by atoms with E-state index < -0.39 is 0 Å². The van der Waals surface area contributed by atoms with E-state index in [4.69, 9.17) is 56.4 Å². The summed E-state index contributed by atoms with van der Waals surface area (Å²) in [5.74, 6) is 6.75. The van der Waals surface area contributed by atoms with Gasteiger partial charge in [-0.1, -0.05) is 458 Å². The van der Waals surface area contributed by atoms with E-state index in [1.165, 1.54) is 66.6 Å². The van der Waals surface area contributed by atoms with Crippen molar-refractivity contribution in [2.45, 2.75) is 38.5 Å². The van der Waals surface area contributed by atoms with Crippen LogP contribution in [-0.2, 0) is 17.9 Å². The number of benzene rings is 21. The maximum Gasteiger partial charge on any atom is 0.187 e. The topological polar surface area (TPSA) is 138 Å². The van der Waals surface area contributed by atoms with Crippen LogP contribution in [0.4, 0.5) is 5.69 Å². The number of imidazole rings is 1. The molecular formula is C136H94N12. The van der Waals surface area contributed by atoms with Crippen LogP contribution < -0.4 is 0 Å². The number of para-hydroxylation sites is 2. The maximum atomic E-state index is 7.53. The Bertz CT molecular complexity index is 9350. The molecule has 698 valence electrons. The van der Waals surface area contributed by atoms with E-state index >= 15 is 0 Å². The third-order valence-corrected chi connectivity index (χ3v) is 29.2. The lowest BCUT2D eigenvalue weighted by Crippen LogP contribution is -2.14. The van der Waals surface area contributed by atoms with Gasteiger partial charge in [-0.15, -0.1) is 0 Å². The second-order valence-electron chi connectivity index (χ2n) is 38.8. The fourth-order valence-electron chi connectivity index (χ4n) is 21.7. The van der Waals surface area contributed by atoms with Crippen LogP contribution in [0.2, 0.25) is 0 Å². The monoisotopic (exact) mass is 1890 g/mol. The average Bonchev–Trinajstić information content (AvgIpc) is 1.58. The Morgan fingerprint density at radius 2 is 0.514 bits per heavy atom. The molecule has 25 aromatic rings. The van der Waals surface area contributed by atoms with E-state index in [0.29, 0.717) is 58.1 Å². The molecule has 0 unspecified atom stereocenters. The van der Waals surface area contributed by atoms with Crippen molar-refractivity contribution >= 4 is 59.8 Å². The number of hydrogen-bond acceptors (Lipinski definition) is 10. The zero-order valence-corrected chi connectivity index (χ0v) is 82.0. The Labute approximate surface area is 858 Å². The van der Waals surface area contributed by atoms with Crippen molar-refractivity contribution < 1.29 is 0 Å². The van der Waals surface area contributed by atoms with Gasteiger partial charge in [0.25, 0.3) is 0 Å². The van der Waals surface area contributed by atoms with Crippen LogP contribution in [0.25, 0.3) is 251 Å². The first-order valence-corrected chi connectivity index (χ1v) is 50.0. The van der Waals surface area contributed by atoms with Gasteiger partial charge in [-0.3, -0.25) is 0 Å². The number of nitrogens with zero attached hydrogens (tertiary/aromatic N) is 12. The summed E-state index contributed by atoms with van der Waals surface area (Å²) in [7, 11) is 2.08. The molecule has 0 spiro atoms. The highest BCUT2D eigenvalue weighted by Crippen LogP contribution is 2.55. The molecule has 2 aliphatic rings. The first-order valence-electron chi connectivity index (χ1n) is 50.0. The van der Waals surface area contributed by atoms with Gasteiger partial charge in [-0.2, -0.15) is 0 Å². The average molecular weight is 1900 g/mol. The van der Waals surface area contributed by atoms with Crippen molar-refractivity contribution in [1.29, 1.82) is 0 Å². The number of aryl methyl sites for hydroxylation is 1. The number of hydrogen-bond donors (Lipinski definition) is 0. The number of fused-ring (bicyclic) bond motifs is 11. The fourth-order valence-corrected chi connectivity index (χ4v) is 21.7. The summed E-state index contributed by atoms with van der Waals surface area (Å²) in [4.78, 5) is 54.0. The van der Waals surface area contributed by atoms with Crippen LogP contribution in [-0.4, -0.2) is 54.4 Å². The van der Waals surface area contributed by atoms with Crippen LogP contribution in [0, 0.1) is 6.57 Å². The van der Waals surface area contributed by atoms with Crippen molar-refractivity contribution in [3.05, 3.63) is 513 Å². The first-order chi connectivity index (χ1) is 72.7. The summed E-state index contributed by atoms with van der Waals surface area (Å²) in [5.41, 5.74) is 34.0. The quantitative estimate of drug-likeness (QED) is 0.0912. The lowest BCUT2D eigenvalue weighted by Gasteiger charge is -2.22. The molecule has 4 heterocycles. The normalized spacial score (nSPS) is 12.3. The molecule has 12 nitrogen and oxygen atoms in total. The van der Waals surface area contributed by atoms with Gasteiger partial charge in [0.1, 0.15) is 5.82 Å².